The van der Waals surface area contributed by atoms with Gasteiger partial charge in [0.25, 0.3) is 0 Å². The number of aryl methyl sites for hydroxylation is 1. The van der Waals surface area contributed by atoms with Gasteiger partial charge in [-0.3, -0.25) is 14.7 Å². The third-order valence-electron chi connectivity index (χ3n) is 8.34. The van der Waals surface area contributed by atoms with E-state index >= 15 is 0 Å². The molecule has 38 heavy (non-hydrogen) atoms. The van der Waals surface area contributed by atoms with Gasteiger partial charge in [-0.05, 0) is 57.2 Å². The summed E-state index contributed by atoms with van der Waals surface area (Å²) in [5, 5.41) is 21.4. The summed E-state index contributed by atoms with van der Waals surface area (Å²) in [5.41, 5.74) is 4.72. The van der Waals surface area contributed by atoms with Crippen molar-refractivity contribution in [2.45, 2.75) is 70.1 Å². The van der Waals surface area contributed by atoms with Crippen molar-refractivity contribution in [1.82, 2.24) is 14.5 Å². The summed E-state index contributed by atoms with van der Waals surface area (Å²) in [7, 11) is 1.38. The van der Waals surface area contributed by atoms with E-state index in [1.165, 1.54) is 7.11 Å². The summed E-state index contributed by atoms with van der Waals surface area (Å²) in [5.74, 6) is -0.0579. The van der Waals surface area contributed by atoms with Crippen LogP contribution in [0.2, 0.25) is 0 Å². The molecule has 4 atom stereocenters. The van der Waals surface area contributed by atoms with Crippen molar-refractivity contribution in [3.63, 3.8) is 0 Å². The average Bonchev–Trinajstić information content (AvgIpc) is 3.56. The van der Waals surface area contributed by atoms with E-state index in [0.29, 0.717) is 31.0 Å². The van der Waals surface area contributed by atoms with Gasteiger partial charge in [-0.15, -0.1) is 0 Å². The lowest BCUT2D eigenvalue weighted by molar-refractivity contribution is -0.143. The number of imidazole rings is 1. The first-order valence-electron chi connectivity index (χ1n) is 13.3. The molecule has 10 nitrogen and oxygen atoms in total. The van der Waals surface area contributed by atoms with Crippen LogP contribution in [0.3, 0.4) is 0 Å². The number of amides is 1. The van der Waals surface area contributed by atoms with Crippen LogP contribution in [0.1, 0.15) is 73.8 Å². The number of aliphatic hydroxyl groups excluding tert-OH is 1. The Kier molecular flexibility index (Phi) is 6.22. The number of ether oxygens (including phenoxy) is 2. The van der Waals surface area contributed by atoms with Crippen molar-refractivity contribution >= 4 is 28.8 Å². The highest BCUT2D eigenvalue weighted by Gasteiger charge is 2.36. The lowest BCUT2D eigenvalue weighted by atomic mass is 9.85. The molecule has 3 aliphatic rings. The second-order valence-electron chi connectivity index (χ2n) is 10.6. The molecule has 0 bridgehead atoms. The molecule has 1 amide bonds. The Bertz CT molecular complexity index is 1420. The predicted octanol–water partition coefficient (Wildman–Crippen LogP) is 4.17. The summed E-state index contributed by atoms with van der Waals surface area (Å²) in [4.78, 5) is 35.7. The molecule has 2 N–H and O–H groups in total. The lowest BCUT2D eigenvalue weighted by Gasteiger charge is -2.34. The maximum Gasteiger partial charge on any atom is 0.414 e. The van der Waals surface area contributed by atoms with Crippen LogP contribution in [0.4, 0.5) is 10.5 Å². The van der Waals surface area contributed by atoms with E-state index in [4.69, 9.17) is 14.5 Å². The minimum Gasteiger partial charge on any atom is -0.491 e. The van der Waals surface area contributed by atoms with E-state index < -0.39 is 24.1 Å². The predicted molar refractivity (Wildman–Crippen MR) is 139 cm³/mol. The smallest absolute Gasteiger partial charge is 0.414 e. The second kappa shape index (κ2) is 9.58. The number of hydrogen-bond donors (Lipinski definition) is 2. The number of benzene rings is 1. The highest BCUT2D eigenvalue weighted by Crippen LogP contribution is 2.42. The van der Waals surface area contributed by atoms with Crippen LogP contribution >= 0.6 is 0 Å². The maximum atomic E-state index is 12.6. The van der Waals surface area contributed by atoms with Gasteiger partial charge < -0.3 is 24.3 Å². The van der Waals surface area contributed by atoms with E-state index in [0.717, 1.165) is 65.7 Å². The SMILES string of the molecule is COC(=O)N1c2ccc3c(nc([C@@H](O)c4cc5c(cn4)OCC5)n3[C@@H]3CCC[C@@H](C(=O)O)C3)c2CC[C@@H]1C. The fourth-order valence-electron chi connectivity index (χ4n) is 6.37. The number of aromatic nitrogens is 3. The zero-order valence-electron chi connectivity index (χ0n) is 21.6. The molecule has 0 radical (unpaired) electrons. The van der Waals surface area contributed by atoms with Crippen molar-refractivity contribution in [3.05, 3.63) is 47.0 Å². The van der Waals surface area contributed by atoms with Gasteiger partial charge in [0.15, 0.2) is 6.10 Å². The van der Waals surface area contributed by atoms with E-state index in [-0.39, 0.29) is 12.1 Å². The first-order chi connectivity index (χ1) is 18.4. The summed E-state index contributed by atoms with van der Waals surface area (Å²) in [6, 6.07) is 5.57. The van der Waals surface area contributed by atoms with Gasteiger partial charge in [0, 0.05) is 29.6 Å². The molecule has 1 aromatic carbocycles. The number of hydrogen-bond acceptors (Lipinski definition) is 7. The Hall–Kier alpha value is -3.66. The molecule has 0 unspecified atom stereocenters. The molecule has 200 valence electrons. The fourth-order valence-corrected chi connectivity index (χ4v) is 6.37. The Morgan fingerprint density at radius 1 is 1.21 bits per heavy atom. The number of aliphatic carboxylic acids is 1. The third kappa shape index (κ3) is 3.98. The highest BCUT2D eigenvalue weighted by molar-refractivity contribution is 5.95. The molecule has 2 aliphatic heterocycles. The molecule has 0 spiro atoms. The lowest BCUT2D eigenvalue weighted by Crippen LogP contribution is -2.42. The van der Waals surface area contributed by atoms with E-state index in [2.05, 4.69) is 4.98 Å². The number of anilines is 1. The molecule has 1 aliphatic carbocycles. The third-order valence-corrected chi connectivity index (χ3v) is 8.34. The van der Waals surface area contributed by atoms with Gasteiger partial charge in [-0.1, -0.05) is 6.42 Å². The highest BCUT2D eigenvalue weighted by atomic mass is 16.5. The first kappa shape index (κ1) is 24.7. The number of pyridine rings is 1. The van der Waals surface area contributed by atoms with Gasteiger partial charge in [0.2, 0.25) is 0 Å². The minimum atomic E-state index is -1.10. The number of rotatable bonds is 4. The number of carboxylic acid groups (broad SMARTS) is 1. The van der Waals surface area contributed by atoms with E-state index in [9.17, 15) is 19.8 Å². The van der Waals surface area contributed by atoms with Gasteiger partial charge in [0.1, 0.15) is 11.6 Å². The van der Waals surface area contributed by atoms with Crippen LogP contribution in [-0.2, 0) is 22.4 Å². The van der Waals surface area contributed by atoms with Crippen LogP contribution in [0.5, 0.6) is 5.75 Å². The molecule has 1 fully saturated rings. The first-order valence-corrected chi connectivity index (χ1v) is 13.3. The number of fused-ring (bicyclic) bond motifs is 4. The monoisotopic (exact) mass is 520 g/mol. The molecular weight excluding hydrogens is 488 g/mol. The van der Waals surface area contributed by atoms with Crippen LogP contribution in [0, 0.1) is 5.92 Å². The Labute approximate surface area is 220 Å². The summed E-state index contributed by atoms with van der Waals surface area (Å²) < 4.78 is 12.7. The van der Waals surface area contributed by atoms with Gasteiger partial charge in [0.05, 0.1) is 48.2 Å². The molecule has 4 heterocycles. The Balaban J connectivity index is 1.51. The number of aliphatic hydroxyl groups is 1. The fraction of sp³-hybridized carbons (Fsp3) is 0.500. The molecular formula is C28H32N4O6. The summed E-state index contributed by atoms with van der Waals surface area (Å²) >= 11 is 0. The van der Waals surface area contributed by atoms with Gasteiger partial charge in [-0.2, -0.15) is 0 Å². The molecule has 2 aromatic heterocycles. The van der Waals surface area contributed by atoms with Gasteiger partial charge >= 0.3 is 12.1 Å². The van der Waals surface area contributed by atoms with Gasteiger partial charge in [-0.25, -0.2) is 9.78 Å². The van der Waals surface area contributed by atoms with Crippen LogP contribution in [0.25, 0.3) is 11.0 Å². The van der Waals surface area contributed by atoms with Crippen LogP contribution in [0.15, 0.2) is 24.4 Å². The minimum absolute atomic E-state index is 0.0213. The second-order valence-corrected chi connectivity index (χ2v) is 10.6. The largest absolute Gasteiger partial charge is 0.491 e. The molecule has 10 heteroatoms. The normalized spacial score (nSPS) is 23.4. The summed E-state index contributed by atoms with van der Waals surface area (Å²) in [6.07, 6.45) is 5.05. The molecule has 3 aromatic rings. The topological polar surface area (TPSA) is 127 Å². The molecule has 6 rings (SSSR count). The van der Waals surface area contributed by atoms with Crippen molar-refractivity contribution in [2.24, 2.45) is 5.92 Å². The standard InChI is InChI=1S/C28H32N4O6/c1-15-6-7-19-21(31(15)28(36)37-2)8-9-22-24(19)30-26(32(22)18-5-3-4-17(12-18)27(34)35)25(33)20-13-16-10-11-38-23(16)14-29-20/h8-9,13-15,17-18,25,33H,3-7,10-12H2,1-2H3,(H,34,35)/t15-,17+,18+,25-/m0/s1. The molecule has 0 saturated heterocycles. The quantitative estimate of drug-likeness (QED) is 0.525. The van der Waals surface area contributed by atoms with Crippen molar-refractivity contribution in [3.8, 4) is 5.75 Å². The van der Waals surface area contributed by atoms with E-state index in [1.807, 2.05) is 29.7 Å². The number of carbonyl (C=O) groups excluding carboxylic acids is 1. The Morgan fingerprint density at radius 3 is 2.84 bits per heavy atom. The number of carboxylic acids is 1. The zero-order valence-corrected chi connectivity index (χ0v) is 21.6. The van der Waals surface area contributed by atoms with Crippen molar-refractivity contribution in [1.29, 1.82) is 0 Å². The van der Waals surface area contributed by atoms with Crippen molar-refractivity contribution < 1.29 is 29.3 Å². The number of carbonyl (C=O) groups is 2. The zero-order chi connectivity index (χ0) is 26.6. The number of methoxy groups -OCH3 is 1. The maximum absolute atomic E-state index is 12.6. The van der Waals surface area contributed by atoms with Crippen LogP contribution in [-0.4, -0.2) is 56.6 Å². The molecule has 1 saturated carbocycles. The van der Waals surface area contributed by atoms with Crippen molar-refractivity contribution in [2.75, 3.05) is 18.6 Å². The number of nitrogens with zero attached hydrogens (tertiary/aromatic N) is 4. The Morgan fingerprint density at radius 2 is 2.05 bits per heavy atom. The summed E-state index contributed by atoms with van der Waals surface area (Å²) in [6.45, 7) is 2.59. The van der Waals surface area contributed by atoms with E-state index in [1.54, 1.807) is 11.1 Å². The van der Waals surface area contributed by atoms with Crippen LogP contribution < -0.4 is 9.64 Å². The average molecular weight is 521 g/mol.